The number of thioether (sulfide) groups is 1. The van der Waals surface area contributed by atoms with Gasteiger partial charge in [-0.3, -0.25) is 0 Å². The Hall–Kier alpha value is -1.26. The molecule has 0 spiro atoms. The summed E-state index contributed by atoms with van der Waals surface area (Å²) in [5.41, 5.74) is 3.43. The van der Waals surface area contributed by atoms with Gasteiger partial charge in [-0.2, -0.15) is 11.8 Å². The predicted octanol–water partition coefficient (Wildman–Crippen LogP) is 4.37. The number of hydrogen-bond donors (Lipinski definition) is 1. The van der Waals surface area contributed by atoms with Crippen molar-refractivity contribution in [2.75, 3.05) is 11.9 Å². The van der Waals surface area contributed by atoms with E-state index in [1.54, 1.807) is 0 Å². The van der Waals surface area contributed by atoms with Gasteiger partial charge in [-0.15, -0.1) is 0 Å². The van der Waals surface area contributed by atoms with Gasteiger partial charge in [0.15, 0.2) is 5.82 Å². The third kappa shape index (κ3) is 2.76. The largest absolute Gasteiger partial charge is 0.370 e. The van der Waals surface area contributed by atoms with Crippen LogP contribution in [0.3, 0.4) is 0 Å². The quantitative estimate of drug-likeness (QED) is 0.910. The monoisotopic (exact) mass is 305 g/mol. The Labute approximate surface area is 128 Å². The summed E-state index contributed by atoms with van der Waals surface area (Å²) in [6.07, 6.45) is 1.09. The maximum absolute atomic E-state index is 5.94. The number of halogens is 1. The molecule has 0 unspecified atom stereocenters. The second-order valence-corrected chi connectivity index (χ2v) is 6.17. The summed E-state index contributed by atoms with van der Waals surface area (Å²) < 4.78 is 0. The lowest BCUT2D eigenvalue weighted by Gasteiger charge is -2.11. The summed E-state index contributed by atoms with van der Waals surface area (Å²) in [5.74, 6) is 3.75. The molecule has 0 aliphatic carbocycles. The fourth-order valence-electron chi connectivity index (χ4n) is 2.17. The standard InChI is InChI=1S/C15H16ClN3S/c1-2-7-17-15-12-8-20-9-13(12)18-14(19-15)10-3-5-11(16)6-4-10/h3-6H,2,7-9H2,1H3,(H,17,18,19). The zero-order valence-corrected chi connectivity index (χ0v) is 12.9. The summed E-state index contributed by atoms with van der Waals surface area (Å²) in [6.45, 7) is 3.09. The molecule has 0 radical (unpaired) electrons. The third-order valence-corrected chi connectivity index (χ3v) is 4.45. The van der Waals surface area contributed by atoms with Crippen LogP contribution >= 0.6 is 23.4 Å². The Morgan fingerprint density at radius 2 is 2.00 bits per heavy atom. The molecule has 1 aromatic heterocycles. The molecule has 104 valence electrons. The average Bonchev–Trinajstić information content (AvgIpc) is 2.94. The van der Waals surface area contributed by atoms with E-state index >= 15 is 0 Å². The molecule has 0 amide bonds. The van der Waals surface area contributed by atoms with E-state index in [1.807, 2.05) is 36.0 Å². The number of anilines is 1. The van der Waals surface area contributed by atoms with Crippen LogP contribution < -0.4 is 5.32 Å². The van der Waals surface area contributed by atoms with Gasteiger partial charge in [-0.25, -0.2) is 9.97 Å². The van der Waals surface area contributed by atoms with Gasteiger partial charge >= 0.3 is 0 Å². The smallest absolute Gasteiger partial charge is 0.161 e. The molecule has 20 heavy (non-hydrogen) atoms. The minimum Gasteiger partial charge on any atom is -0.370 e. The molecule has 1 N–H and O–H groups in total. The fourth-order valence-corrected chi connectivity index (χ4v) is 3.34. The number of nitrogens with one attached hydrogen (secondary N) is 1. The molecule has 1 aliphatic rings. The van der Waals surface area contributed by atoms with Crippen molar-refractivity contribution in [3.05, 3.63) is 40.5 Å². The lowest BCUT2D eigenvalue weighted by Crippen LogP contribution is -2.08. The van der Waals surface area contributed by atoms with E-state index in [2.05, 4.69) is 12.2 Å². The van der Waals surface area contributed by atoms with Crippen molar-refractivity contribution in [2.24, 2.45) is 0 Å². The number of rotatable bonds is 4. The van der Waals surface area contributed by atoms with Crippen molar-refractivity contribution in [1.29, 1.82) is 0 Å². The molecule has 1 aliphatic heterocycles. The predicted molar refractivity (Wildman–Crippen MR) is 86.3 cm³/mol. The zero-order chi connectivity index (χ0) is 13.9. The Kier molecular flexibility index (Phi) is 4.13. The van der Waals surface area contributed by atoms with Crippen LogP contribution in [-0.2, 0) is 11.5 Å². The summed E-state index contributed by atoms with van der Waals surface area (Å²) in [7, 11) is 0. The molecule has 5 heteroatoms. The number of aromatic nitrogens is 2. The number of benzene rings is 1. The van der Waals surface area contributed by atoms with E-state index < -0.39 is 0 Å². The van der Waals surface area contributed by atoms with Crippen molar-refractivity contribution in [1.82, 2.24) is 9.97 Å². The van der Waals surface area contributed by atoms with Crippen LogP contribution in [0, 0.1) is 0 Å². The minimum absolute atomic E-state index is 0.731. The highest BCUT2D eigenvalue weighted by Gasteiger charge is 2.20. The molecule has 0 saturated carbocycles. The molecule has 3 rings (SSSR count). The van der Waals surface area contributed by atoms with E-state index in [0.717, 1.165) is 52.4 Å². The fraction of sp³-hybridized carbons (Fsp3) is 0.333. The van der Waals surface area contributed by atoms with Crippen molar-refractivity contribution in [3.63, 3.8) is 0 Å². The molecule has 2 aromatic rings. The second kappa shape index (κ2) is 6.02. The molecular weight excluding hydrogens is 290 g/mol. The van der Waals surface area contributed by atoms with Crippen LogP contribution in [-0.4, -0.2) is 16.5 Å². The number of nitrogens with zero attached hydrogens (tertiary/aromatic N) is 2. The normalized spacial score (nSPS) is 13.3. The summed E-state index contributed by atoms with van der Waals surface area (Å²) in [4.78, 5) is 9.41. The van der Waals surface area contributed by atoms with Gasteiger partial charge in [-0.1, -0.05) is 18.5 Å². The molecule has 0 saturated heterocycles. The molecule has 0 fully saturated rings. The van der Waals surface area contributed by atoms with Crippen LogP contribution in [0.1, 0.15) is 24.6 Å². The van der Waals surface area contributed by atoms with Crippen molar-refractivity contribution >= 4 is 29.2 Å². The van der Waals surface area contributed by atoms with Gasteiger partial charge in [0.2, 0.25) is 0 Å². The zero-order valence-electron chi connectivity index (χ0n) is 11.3. The highest BCUT2D eigenvalue weighted by molar-refractivity contribution is 7.98. The first-order valence-corrected chi connectivity index (χ1v) is 8.28. The maximum atomic E-state index is 5.94. The Bertz CT molecular complexity index is 613. The number of hydrogen-bond acceptors (Lipinski definition) is 4. The summed E-state index contributed by atoms with van der Waals surface area (Å²) in [5, 5.41) is 4.16. The molecule has 3 nitrogen and oxygen atoms in total. The lowest BCUT2D eigenvalue weighted by molar-refractivity contribution is 0.955. The van der Waals surface area contributed by atoms with Crippen molar-refractivity contribution in [3.8, 4) is 11.4 Å². The molecule has 0 bridgehead atoms. The molecule has 1 aromatic carbocycles. The van der Waals surface area contributed by atoms with Gasteiger partial charge < -0.3 is 5.32 Å². The Balaban J connectivity index is 2.01. The van der Waals surface area contributed by atoms with Gasteiger partial charge in [0.25, 0.3) is 0 Å². The van der Waals surface area contributed by atoms with Crippen LogP contribution in [0.5, 0.6) is 0 Å². The Morgan fingerprint density at radius 3 is 2.75 bits per heavy atom. The highest BCUT2D eigenvalue weighted by Crippen LogP contribution is 2.34. The first kappa shape index (κ1) is 13.7. The maximum Gasteiger partial charge on any atom is 0.161 e. The molecular formula is C15H16ClN3S. The van der Waals surface area contributed by atoms with E-state index in [4.69, 9.17) is 21.6 Å². The van der Waals surface area contributed by atoms with Crippen molar-refractivity contribution < 1.29 is 0 Å². The molecule has 2 heterocycles. The summed E-state index contributed by atoms with van der Waals surface area (Å²) in [6, 6.07) is 7.69. The molecule has 0 atom stereocenters. The first-order valence-electron chi connectivity index (χ1n) is 6.75. The average molecular weight is 306 g/mol. The van der Waals surface area contributed by atoms with Gasteiger partial charge in [0, 0.05) is 34.2 Å². The van der Waals surface area contributed by atoms with Crippen LogP contribution in [0.2, 0.25) is 5.02 Å². The number of fused-ring (bicyclic) bond motifs is 1. The highest BCUT2D eigenvalue weighted by atomic mass is 35.5. The topological polar surface area (TPSA) is 37.8 Å². The third-order valence-electron chi connectivity index (χ3n) is 3.22. The minimum atomic E-state index is 0.731. The van der Waals surface area contributed by atoms with E-state index in [1.165, 1.54) is 5.56 Å². The first-order chi connectivity index (χ1) is 9.78. The van der Waals surface area contributed by atoms with E-state index in [-0.39, 0.29) is 0 Å². The van der Waals surface area contributed by atoms with Crippen LogP contribution in [0.15, 0.2) is 24.3 Å². The summed E-state index contributed by atoms with van der Waals surface area (Å²) >= 11 is 7.83. The van der Waals surface area contributed by atoms with Gasteiger partial charge in [-0.05, 0) is 30.7 Å². The van der Waals surface area contributed by atoms with E-state index in [9.17, 15) is 0 Å². The SMILES string of the molecule is CCCNc1nc(-c2ccc(Cl)cc2)nc2c1CSC2. The van der Waals surface area contributed by atoms with Crippen molar-refractivity contribution in [2.45, 2.75) is 24.9 Å². The lowest BCUT2D eigenvalue weighted by atomic mass is 10.2. The van der Waals surface area contributed by atoms with Gasteiger partial charge in [0.1, 0.15) is 5.82 Å². The van der Waals surface area contributed by atoms with E-state index in [0.29, 0.717) is 0 Å². The van der Waals surface area contributed by atoms with Crippen LogP contribution in [0.4, 0.5) is 5.82 Å². The van der Waals surface area contributed by atoms with Crippen LogP contribution in [0.25, 0.3) is 11.4 Å². The second-order valence-electron chi connectivity index (χ2n) is 4.75. The van der Waals surface area contributed by atoms with Gasteiger partial charge in [0.05, 0.1) is 5.69 Å². The Morgan fingerprint density at radius 1 is 1.20 bits per heavy atom.